The van der Waals surface area contributed by atoms with E-state index in [0.717, 1.165) is 22.6 Å². The first-order valence-electron chi connectivity index (χ1n) is 10.4. The van der Waals surface area contributed by atoms with Crippen molar-refractivity contribution in [3.63, 3.8) is 0 Å². The molecule has 0 fully saturated rings. The molecular formula is C24H28N4O3. The number of aliphatic hydroxyl groups is 1. The zero-order valence-electron chi connectivity index (χ0n) is 18.2. The van der Waals surface area contributed by atoms with Gasteiger partial charge in [-0.3, -0.25) is 4.79 Å². The second-order valence-corrected chi connectivity index (χ2v) is 8.41. The van der Waals surface area contributed by atoms with Crippen molar-refractivity contribution in [2.75, 3.05) is 33.8 Å². The number of rotatable bonds is 5. The second-order valence-electron chi connectivity index (χ2n) is 8.41. The van der Waals surface area contributed by atoms with Crippen molar-refractivity contribution in [1.82, 2.24) is 19.6 Å². The van der Waals surface area contributed by atoms with Gasteiger partial charge in [-0.15, -0.1) is 0 Å². The van der Waals surface area contributed by atoms with Crippen LogP contribution in [0.25, 0.3) is 5.69 Å². The van der Waals surface area contributed by atoms with Crippen LogP contribution in [0.15, 0.2) is 60.9 Å². The molecule has 1 N–H and O–H groups in total. The molecule has 7 heteroatoms. The minimum Gasteiger partial charge on any atom is -0.491 e. The summed E-state index contributed by atoms with van der Waals surface area (Å²) < 4.78 is 7.63. The quantitative estimate of drug-likeness (QED) is 0.687. The number of aromatic nitrogens is 2. The summed E-state index contributed by atoms with van der Waals surface area (Å²) in [5.41, 5.74) is 2.14. The Hall–Kier alpha value is -3.16. The lowest BCUT2D eigenvalue weighted by Gasteiger charge is -2.28. The van der Waals surface area contributed by atoms with Crippen LogP contribution >= 0.6 is 0 Å². The summed E-state index contributed by atoms with van der Waals surface area (Å²) in [5, 5.41) is 15.2. The zero-order chi connectivity index (χ0) is 22.0. The third-order valence-electron chi connectivity index (χ3n) is 5.44. The normalized spacial score (nSPS) is 15.7. The van der Waals surface area contributed by atoms with Crippen molar-refractivity contribution < 1.29 is 14.6 Å². The Kier molecular flexibility index (Phi) is 5.80. The van der Waals surface area contributed by atoms with E-state index in [1.54, 1.807) is 22.7 Å². The number of hydrogen-bond acceptors (Lipinski definition) is 5. The molecule has 2 heterocycles. The summed E-state index contributed by atoms with van der Waals surface area (Å²) in [6.45, 7) is 3.63. The molecule has 0 bridgehead atoms. The van der Waals surface area contributed by atoms with E-state index in [2.05, 4.69) is 5.10 Å². The summed E-state index contributed by atoms with van der Waals surface area (Å²) in [6.07, 6.45) is 3.56. The minimum absolute atomic E-state index is 0.0593. The van der Waals surface area contributed by atoms with Gasteiger partial charge in [0.25, 0.3) is 5.91 Å². The molecule has 4 rings (SSSR count). The number of hydrogen-bond donors (Lipinski definition) is 1. The van der Waals surface area contributed by atoms with Crippen LogP contribution in [0.4, 0.5) is 0 Å². The third-order valence-corrected chi connectivity index (χ3v) is 5.44. The van der Waals surface area contributed by atoms with Gasteiger partial charge < -0.3 is 19.6 Å². The largest absolute Gasteiger partial charge is 0.491 e. The smallest absolute Gasteiger partial charge is 0.254 e. The Morgan fingerprint density at radius 3 is 2.81 bits per heavy atom. The SMILES string of the molecule is CN(C)C[C@@](C)(O)c1ccc2c(c1)CN(C(=O)c1cccc(-n3cccn3)c1)CCO2. The van der Waals surface area contributed by atoms with Crippen LogP contribution in [0.1, 0.15) is 28.4 Å². The summed E-state index contributed by atoms with van der Waals surface area (Å²) >= 11 is 0. The van der Waals surface area contributed by atoms with Gasteiger partial charge in [0.1, 0.15) is 12.4 Å². The number of amides is 1. The van der Waals surface area contributed by atoms with Crippen LogP contribution in [0, 0.1) is 0 Å². The van der Waals surface area contributed by atoms with E-state index in [9.17, 15) is 9.90 Å². The van der Waals surface area contributed by atoms with Crippen LogP contribution in [-0.4, -0.2) is 64.4 Å². The topological polar surface area (TPSA) is 70.8 Å². The molecule has 31 heavy (non-hydrogen) atoms. The first-order chi connectivity index (χ1) is 14.8. The number of benzene rings is 2. The van der Waals surface area contributed by atoms with Gasteiger partial charge in [-0.05, 0) is 63.0 Å². The highest BCUT2D eigenvalue weighted by molar-refractivity contribution is 5.94. The molecular weight excluding hydrogens is 392 g/mol. The van der Waals surface area contributed by atoms with E-state index in [1.165, 1.54) is 0 Å². The maximum atomic E-state index is 13.3. The Bertz CT molecular complexity index is 1060. The van der Waals surface area contributed by atoms with Crippen molar-refractivity contribution in [1.29, 1.82) is 0 Å². The summed E-state index contributed by atoms with van der Waals surface area (Å²) in [4.78, 5) is 17.0. The average molecular weight is 421 g/mol. The van der Waals surface area contributed by atoms with Crippen molar-refractivity contribution in [3.05, 3.63) is 77.6 Å². The van der Waals surface area contributed by atoms with Crippen molar-refractivity contribution in [2.45, 2.75) is 19.1 Å². The molecule has 0 unspecified atom stereocenters. The number of nitrogens with zero attached hydrogens (tertiary/aromatic N) is 4. The molecule has 1 aliphatic heterocycles. The van der Waals surface area contributed by atoms with E-state index in [-0.39, 0.29) is 5.91 Å². The van der Waals surface area contributed by atoms with Crippen molar-refractivity contribution >= 4 is 5.91 Å². The van der Waals surface area contributed by atoms with E-state index in [0.29, 0.717) is 31.8 Å². The highest BCUT2D eigenvalue weighted by Crippen LogP contribution is 2.30. The molecule has 1 aromatic heterocycles. The summed E-state index contributed by atoms with van der Waals surface area (Å²) in [6, 6.07) is 15.0. The third kappa shape index (κ3) is 4.62. The molecule has 0 radical (unpaired) electrons. The molecule has 0 aliphatic carbocycles. The molecule has 1 aliphatic rings. The van der Waals surface area contributed by atoms with Crippen molar-refractivity contribution in [3.8, 4) is 11.4 Å². The van der Waals surface area contributed by atoms with Crippen LogP contribution < -0.4 is 4.74 Å². The molecule has 0 saturated heterocycles. The first kappa shape index (κ1) is 21.1. The van der Waals surface area contributed by atoms with Crippen LogP contribution in [0.5, 0.6) is 5.75 Å². The lowest BCUT2D eigenvalue weighted by molar-refractivity contribution is 0.0299. The van der Waals surface area contributed by atoms with E-state index < -0.39 is 5.60 Å². The maximum Gasteiger partial charge on any atom is 0.254 e. The summed E-state index contributed by atoms with van der Waals surface area (Å²) in [5.74, 6) is 0.695. The fourth-order valence-electron chi connectivity index (χ4n) is 4.00. The Morgan fingerprint density at radius 2 is 2.06 bits per heavy atom. The number of likely N-dealkylation sites (N-methyl/N-ethyl adjacent to an activating group) is 1. The lowest BCUT2D eigenvalue weighted by atomic mass is 9.93. The van der Waals surface area contributed by atoms with Gasteiger partial charge in [0, 0.05) is 36.6 Å². The predicted molar refractivity (Wildman–Crippen MR) is 118 cm³/mol. The van der Waals surface area contributed by atoms with Gasteiger partial charge in [0.15, 0.2) is 0 Å². The van der Waals surface area contributed by atoms with Crippen LogP contribution in [-0.2, 0) is 12.1 Å². The second kappa shape index (κ2) is 8.53. The molecule has 1 amide bonds. The Labute approximate surface area is 182 Å². The number of carbonyl (C=O) groups is 1. The van der Waals surface area contributed by atoms with E-state index in [4.69, 9.17) is 4.74 Å². The number of fused-ring (bicyclic) bond motifs is 1. The fraction of sp³-hybridized carbons (Fsp3) is 0.333. The zero-order valence-corrected chi connectivity index (χ0v) is 18.2. The van der Waals surface area contributed by atoms with Gasteiger partial charge in [0.2, 0.25) is 0 Å². The first-order valence-corrected chi connectivity index (χ1v) is 10.4. The van der Waals surface area contributed by atoms with Gasteiger partial charge >= 0.3 is 0 Å². The van der Waals surface area contributed by atoms with Crippen LogP contribution in [0.3, 0.4) is 0 Å². The molecule has 1 atom stereocenters. The van der Waals surface area contributed by atoms with Crippen LogP contribution in [0.2, 0.25) is 0 Å². The molecule has 2 aromatic carbocycles. The molecule has 0 spiro atoms. The van der Waals surface area contributed by atoms with Gasteiger partial charge in [-0.2, -0.15) is 5.10 Å². The Balaban J connectivity index is 1.59. The monoisotopic (exact) mass is 420 g/mol. The highest BCUT2D eigenvalue weighted by Gasteiger charge is 2.27. The lowest BCUT2D eigenvalue weighted by Crippen LogP contribution is -2.35. The Morgan fingerprint density at radius 1 is 1.23 bits per heavy atom. The standard InChI is InChI=1S/C24H28N4O3/c1-24(30,17-26(2)3)20-8-9-22-19(14-20)16-27(12-13-31-22)23(29)18-6-4-7-21(15-18)28-11-5-10-25-28/h4-11,14-15,30H,12-13,16-17H2,1-3H3/t24-/m1/s1. The predicted octanol–water partition coefficient (Wildman–Crippen LogP) is 2.68. The number of carbonyl (C=O) groups excluding carboxylic acids is 1. The van der Waals surface area contributed by atoms with E-state index in [1.807, 2.05) is 73.7 Å². The highest BCUT2D eigenvalue weighted by atomic mass is 16.5. The van der Waals surface area contributed by atoms with Gasteiger partial charge in [-0.1, -0.05) is 12.1 Å². The van der Waals surface area contributed by atoms with E-state index >= 15 is 0 Å². The molecule has 3 aromatic rings. The number of ether oxygens (including phenoxy) is 1. The molecule has 0 saturated carbocycles. The summed E-state index contributed by atoms with van der Waals surface area (Å²) in [7, 11) is 3.86. The maximum absolute atomic E-state index is 13.3. The average Bonchev–Trinajstić information content (AvgIpc) is 3.19. The van der Waals surface area contributed by atoms with Gasteiger partial charge in [-0.25, -0.2) is 4.68 Å². The van der Waals surface area contributed by atoms with Gasteiger partial charge in [0.05, 0.1) is 17.8 Å². The fourth-order valence-corrected chi connectivity index (χ4v) is 4.00. The van der Waals surface area contributed by atoms with Crippen molar-refractivity contribution in [2.24, 2.45) is 0 Å². The minimum atomic E-state index is -1.00. The molecule has 162 valence electrons. The molecule has 7 nitrogen and oxygen atoms in total.